The molecule has 0 aliphatic rings. The molecule has 8 heteroatoms. The number of nitriles is 1. The van der Waals surface area contributed by atoms with Crippen LogP contribution < -0.4 is 20.9 Å². The van der Waals surface area contributed by atoms with E-state index < -0.39 is 0 Å². The summed E-state index contributed by atoms with van der Waals surface area (Å²) in [5.74, 6) is 1.19. The molecule has 0 unspecified atom stereocenters. The number of nitrogens with two attached hydrogens (primary N) is 2. The predicted molar refractivity (Wildman–Crippen MR) is 86.8 cm³/mol. The Hall–Kier alpha value is -2.28. The van der Waals surface area contributed by atoms with Crippen LogP contribution in [0.2, 0.25) is 0 Å². The molecular formula is C13H12IN5O2. The number of ether oxygens (including phenoxy) is 2. The molecule has 2 aromatic rings. The van der Waals surface area contributed by atoms with Gasteiger partial charge in [-0.2, -0.15) is 10.2 Å². The molecule has 1 heterocycles. The van der Waals surface area contributed by atoms with Crippen molar-refractivity contribution in [1.29, 1.82) is 5.26 Å². The van der Waals surface area contributed by atoms with E-state index in [-0.39, 0.29) is 17.3 Å². The number of benzene rings is 1. The number of nitrogens with zero attached hydrogens (tertiary/aromatic N) is 3. The summed E-state index contributed by atoms with van der Waals surface area (Å²) in [6, 6.07) is 5.52. The van der Waals surface area contributed by atoms with Crippen molar-refractivity contribution in [3.05, 3.63) is 21.3 Å². The van der Waals surface area contributed by atoms with Gasteiger partial charge >= 0.3 is 0 Å². The largest absolute Gasteiger partial charge is 0.493 e. The molecular weight excluding hydrogens is 385 g/mol. The lowest BCUT2D eigenvalue weighted by atomic mass is 10.1. The van der Waals surface area contributed by atoms with E-state index >= 15 is 0 Å². The predicted octanol–water partition coefficient (Wildman–Crippen LogP) is 1.80. The van der Waals surface area contributed by atoms with Gasteiger partial charge in [-0.1, -0.05) is 0 Å². The van der Waals surface area contributed by atoms with Crippen LogP contribution in [0.25, 0.3) is 11.3 Å². The number of anilines is 2. The molecule has 0 aliphatic carbocycles. The first-order valence-electron chi connectivity index (χ1n) is 5.76. The zero-order chi connectivity index (χ0) is 15.6. The van der Waals surface area contributed by atoms with E-state index in [9.17, 15) is 5.26 Å². The van der Waals surface area contributed by atoms with Crippen LogP contribution in [0.4, 0.5) is 11.8 Å². The Morgan fingerprint density at radius 3 is 2.48 bits per heavy atom. The highest BCUT2D eigenvalue weighted by Gasteiger charge is 2.17. The van der Waals surface area contributed by atoms with Crippen LogP contribution in [0.3, 0.4) is 0 Å². The molecule has 108 valence electrons. The van der Waals surface area contributed by atoms with Crippen LogP contribution in [0.15, 0.2) is 12.1 Å². The molecule has 4 N–H and O–H groups in total. The second kappa shape index (κ2) is 6.01. The van der Waals surface area contributed by atoms with Crippen molar-refractivity contribution in [2.45, 2.75) is 0 Å². The summed E-state index contributed by atoms with van der Waals surface area (Å²) in [6.45, 7) is 0. The monoisotopic (exact) mass is 397 g/mol. The van der Waals surface area contributed by atoms with Crippen LogP contribution in [-0.2, 0) is 0 Å². The van der Waals surface area contributed by atoms with E-state index in [0.29, 0.717) is 22.8 Å². The lowest BCUT2D eigenvalue weighted by molar-refractivity contribution is 0.353. The van der Waals surface area contributed by atoms with Gasteiger partial charge < -0.3 is 20.9 Å². The minimum atomic E-state index is 0.00583. The Kier molecular flexibility index (Phi) is 4.32. The number of nitrogen functional groups attached to an aromatic ring is 2. The Morgan fingerprint density at radius 2 is 1.90 bits per heavy atom. The third-order valence-corrected chi connectivity index (χ3v) is 3.57. The minimum Gasteiger partial charge on any atom is -0.493 e. The molecule has 1 aromatic heterocycles. The molecule has 0 saturated heterocycles. The smallest absolute Gasteiger partial charge is 0.222 e. The van der Waals surface area contributed by atoms with Crippen molar-refractivity contribution in [2.75, 3.05) is 25.7 Å². The highest BCUT2D eigenvalue weighted by Crippen LogP contribution is 2.37. The highest BCUT2D eigenvalue weighted by molar-refractivity contribution is 14.1. The molecule has 0 amide bonds. The maximum atomic E-state index is 9.24. The summed E-state index contributed by atoms with van der Waals surface area (Å²) in [6.07, 6.45) is 0. The van der Waals surface area contributed by atoms with Crippen molar-refractivity contribution in [2.24, 2.45) is 0 Å². The fourth-order valence-electron chi connectivity index (χ4n) is 1.87. The van der Waals surface area contributed by atoms with Crippen molar-refractivity contribution < 1.29 is 9.47 Å². The van der Waals surface area contributed by atoms with Crippen molar-refractivity contribution >= 4 is 34.4 Å². The Balaban J connectivity index is 2.74. The van der Waals surface area contributed by atoms with Gasteiger partial charge in [0.25, 0.3) is 0 Å². The normalized spacial score (nSPS) is 10.0. The molecule has 0 radical (unpaired) electrons. The summed E-state index contributed by atoms with van der Waals surface area (Å²) < 4.78 is 11.4. The van der Waals surface area contributed by atoms with Gasteiger partial charge in [-0.05, 0) is 34.7 Å². The number of hydrogen-bond acceptors (Lipinski definition) is 7. The maximum Gasteiger partial charge on any atom is 0.222 e. The van der Waals surface area contributed by atoms with Crippen LogP contribution in [0, 0.1) is 14.9 Å². The number of aromatic nitrogens is 2. The molecule has 1 aromatic carbocycles. The van der Waals surface area contributed by atoms with E-state index in [2.05, 4.69) is 32.6 Å². The van der Waals surface area contributed by atoms with Gasteiger partial charge in [-0.15, -0.1) is 0 Å². The molecule has 0 bridgehead atoms. The number of rotatable bonds is 3. The Labute approximate surface area is 135 Å². The van der Waals surface area contributed by atoms with Gasteiger partial charge in [-0.25, -0.2) is 4.98 Å². The minimum absolute atomic E-state index is 0.00583. The van der Waals surface area contributed by atoms with Crippen LogP contribution >= 0.6 is 22.6 Å². The molecule has 0 fully saturated rings. The van der Waals surface area contributed by atoms with Crippen molar-refractivity contribution in [1.82, 2.24) is 9.97 Å². The number of halogens is 1. The summed E-state index contributed by atoms with van der Waals surface area (Å²) in [4.78, 5) is 7.90. The van der Waals surface area contributed by atoms with Gasteiger partial charge in [-0.3, -0.25) is 0 Å². The van der Waals surface area contributed by atoms with E-state index in [4.69, 9.17) is 20.9 Å². The molecule has 0 saturated carbocycles. The summed E-state index contributed by atoms with van der Waals surface area (Å²) in [7, 11) is 3.09. The summed E-state index contributed by atoms with van der Waals surface area (Å²) >= 11 is 2.11. The zero-order valence-electron chi connectivity index (χ0n) is 11.3. The second-order valence-electron chi connectivity index (χ2n) is 4.00. The second-order valence-corrected chi connectivity index (χ2v) is 5.16. The topological polar surface area (TPSA) is 120 Å². The molecule has 0 spiro atoms. The van der Waals surface area contributed by atoms with Gasteiger partial charge in [0.05, 0.1) is 23.5 Å². The van der Waals surface area contributed by atoms with E-state index in [1.165, 1.54) is 7.11 Å². The van der Waals surface area contributed by atoms with E-state index in [0.717, 1.165) is 3.57 Å². The highest BCUT2D eigenvalue weighted by atomic mass is 127. The van der Waals surface area contributed by atoms with Gasteiger partial charge in [0.1, 0.15) is 17.5 Å². The van der Waals surface area contributed by atoms with Crippen LogP contribution in [0.5, 0.6) is 11.5 Å². The first-order chi connectivity index (χ1) is 10.0. The molecule has 21 heavy (non-hydrogen) atoms. The van der Waals surface area contributed by atoms with Crippen molar-refractivity contribution in [3.63, 3.8) is 0 Å². The number of hydrogen-bond donors (Lipinski definition) is 2. The van der Waals surface area contributed by atoms with Crippen molar-refractivity contribution in [3.8, 4) is 28.8 Å². The first kappa shape index (κ1) is 15.1. The number of methoxy groups -OCH3 is 2. The molecule has 0 aliphatic heterocycles. The average molecular weight is 397 g/mol. The standard InChI is InChI=1S/C13H12IN5O2/c1-20-9-4-6(3-8(14)11(9)21-2)10-7(5-15)12(16)19-13(17)18-10/h3-4H,1-2H3,(H4,16,17,18,19). The molecule has 2 rings (SSSR count). The SMILES string of the molecule is COc1cc(-c2nc(N)nc(N)c2C#N)cc(I)c1OC. The third-order valence-electron chi connectivity index (χ3n) is 2.77. The zero-order valence-corrected chi connectivity index (χ0v) is 13.5. The quantitative estimate of drug-likeness (QED) is 0.758. The summed E-state index contributed by atoms with van der Waals surface area (Å²) in [5, 5.41) is 9.24. The fourth-order valence-corrected chi connectivity index (χ4v) is 2.69. The van der Waals surface area contributed by atoms with Crippen LogP contribution in [0.1, 0.15) is 5.56 Å². The van der Waals surface area contributed by atoms with E-state index in [1.54, 1.807) is 13.2 Å². The Bertz CT molecular complexity index is 742. The first-order valence-corrected chi connectivity index (χ1v) is 6.84. The lowest BCUT2D eigenvalue weighted by Gasteiger charge is -2.13. The van der Waals surface area contributed by atoms with Gasteiger partial charge in [0.15, 0.2) is 11.5 Å². The third kappa shape index (κ3) is 2.78. The van der Waals surface area contributed by atoms with Gasteiger partial charge in [0.2, 0.25) is 5.95 Å². The van der Waals surface area contributed by atoms with Gasteiger partial charge in [0, 0.05) is 5.56 Å². The average Bonchev–Trinajstić information content (AvgIpc) is 2.45. The van der Waals surface area contributed by atoms with Crippen LogP contribution in [-0.4, -0.2) is 24.2 Å². The van der Waals surface area contributed by atoms with E-state index in [1.807, 2.05) is 12.1 Å². The molecule has 0 atom stereocenters. The molecule has 7 nitrogen and oxygen atoms in total. The maximum absolute atomic E-state index is 9.24. The fraction of sp³-hybridized carbons (Fsp3) is 0.154. The Morgan fingerprint density at radius 1 is 1.19 bits per heavy atom. The lowest BCUT2D eigenvalue weighted by Crippen LogP contribution is -2.05. The summed E-state index contributed by atoms with van der Waals surface area (Å²) in [5.41, 5.74) is 12.5.